The van der Waals surface area contributed by atoms with Crippen molar-refractivity contribution in [1.82, 2.24) is 0 Å². The van der Waals surface area contributed by atoms with Gasteiger partial charge in [0.05, 0.1) is 6.61 Å². The molecule has 2 rings (SSSR count). The van der Waals surface area contributed by atoms with Crippen molar-refractivity contribution < 1.29 is 26.7 Å². The Hall–Kier alpha value is -1.34. The predicted molar refractivity (Wildman–Crippen MR) is 62.3 cm³/mol. The van der Waals surface area contributed by atoms with Gasteiger partial charge in [0.2, 0.25) is 0 Å². The van der Waals surface area contributed by atoms with Crippen molar-refractivity contribution in [2.75, 3.05) is 19.0 Å². The average Bonchev–Trinajstić information content (AvgIpc) is 2.80. The van der Waals surface area contributed by atoms with Crippen LogP contribution in [0.15, 0.2) is 23.1 Å². The Morgan fingerprint density at radius 2 is 2.11 bits per heavy atom. The molecule has 1 aliphatic heterocycles. The summed E-state index contributed by atoms with van der Waals surface area (Å²) >= 11 is 0. The highest BCUT2D eigenvalue weighted by atomic mass is 32.2. The third kappa shape index (κ3) is 3.16. The number of Topliss-reactive ketones (excluding diaryl/α,β-unsaturated/α-hetero) is 1. The van der Waals surface area contributed by atoms with Crippen LogP contribution in [0.3, 0.4) is 0 Å². The number of hydrogen-bond donors (Lipinski definition) is 0. The Morgan fingerprint density at radius 1 is 1.37 bits per heavy atom. The number of hydrogen-bond acceptors (Lipinski definition) is 4. The molecule has 7 heteroatoms. The molecule has 0 radical (unpaired) electrons. The summed E-state index contributed by atoms with van der Waals surface area (Å²) in [6.07, 6.45) is 0.472. The lowest BCUT2D eigenvalue weighted by molar-refractivity contribution is -0.120. The first-order chi connectivity index (χ1) is 8.90. The largest absolute Gasteiger partial charge is 0.381 e. The number of rotatable bonds is 4. The zero-order valence-electron chi connectivity index (χ0n) is 9.93. The van der Waals surface area contributed by atoms with Gasteiger partial charge in [-0.15, -0.1) is 0 Å². The Kier molecular flexibility index (Phi) is 3.96. The molecule has 104 valence electrons. The third-order valence-electron chi connectivity index (χ3n) is 2.95. The van der Waals surface area contributed by atoms with E-state index >= 15 is 0 Å². The lowest BCUT2D eigenvalue weighted by Gasteiger charge is -2.08. The van der Waals surface area contributed by atoms with E-state index in [1.807, 2.05) is 0 Å². The summed E-state index contributed by atoms with van der Waals surface area (Å²) in [7, 11) is -4.09. The molecule has 0 spiro atoms. The van der Waals surface area contributed by atoms with E-state index in [1.165, 1.54) is 0 Å². The van der Waals surface area contributed by atoms with Crippen molar-refractivity contribution in [2.24, 2.45) is 5.92 Å². The van der Waals surface area contributed by atoms with Gasteiger partial charge in [0.25, 0.3) is 0 Å². The molecule has 0 bridgehead atoms. The molecule has 0 aliphatic carbocycles. The fourth-order valence-corrected chi connectivity index (χ4v) is 3.30. The molecule has 0 amide bonds. The molecule has 0 aromatic heterocycles. The molecule has 0 saturated carbocycles. The van der Waals surface area contributed by atoms with Crippen molar-refractivity contribution in [3.8, 4) is 0 Å². The highest BCUT2D eigenvalue weighted by molar-refractivity contribution is 7.92. The van der Waals surface area contributed by atoms with Gasteiger partial charge in [0.15, 0.2) is 15.6 Å². The summed E-state index contributed by atoms with van der Waals surface area (Å²) in [5, 5.41) is 0. The minimum absolute atomic E-state index is 0.195. The first-order valence-corrected chi connectivity index (χ1v) is 7.33. The molecule has 1 aliphatic rings. The molecular weight excluding hydrogens is 278 g/mol. The topological polar surface area (TPSA) is 60.4 Å². The Morgan fingerprint density at radius 3 is 2.68 bits per heavy atom. The van der Waals surface area contributed by atoms with Crippen molar-refractivity contribution in [3.05, 3.63) is 29.8 Å². The molecule has 4 nitrogen and oxygen atoms in total. The van der Waals surface area contributed by atoms with Gasteiger partial charge in [0, 0.05) is 18.6 Å². The van der Waals surface area contributed by atoms with Crippen LogP contribution in [0.4, 0.5) is 8.78 Å². The highest BCUT2D eigenvalue weighted by Gasteiger charge is 2.30. The molecule has 1 aromatic rings. The number of ether oxygens (including phenoxy) is 1. The number of carbonyl (C=O) groups is 1. The molecule has 19 heavy (non-hydrogen) atoms. The number of sulfone groups is 1. The predicted octanol–water partition coefficient (Wildman–Crippen LogP) is 1.34. The van der Waals surface area contributed by atoms with Crippen LogP contribution in [-0.4, -0.2) is 33.2 Å². The van der Waals surface area contributed by atoms with Gasteiger partial charge in [-0.2, -0.15) is 0 Å². The number of ketones is 1. The molecule has 1 atom stereocenters. The normalized spacial score (nSPS) is 19.6. The average molecular weight is 290 g/mol. The SMILES string of the molecule is O=C(CS(=O)(=O)c1ccc(F)cc1F)C1CCOC1. The van der Waals surface area contributed by atoms with E-state index in [4.69, 9.17) is 4.74 Å². The van der Waals surface area contributed by atoms with Crippen molar-refractivity contribution in [1.29, 1.82) is 0 Å². The standard InChI is InChI=1S/C12H12F2O4S/c13-9-1-2-12(10(14)5-9)19(16,17)7-11(15)8-3-4-18-6-8/h1-2,5,8H,3-4,6-7H2. The minimum Gasteiger partial charge on any atom is -0.381 e. The van der Waals surface area contributed by atoms with E-state index in [0.717, 1.165) is 12.1 Å². The summed E-state index contributed by atoms with van der Waals surface area (Å²) < 4.78 is 55.0. The fourth-order valence-electron chi connectivity index (χ4n) is 1.90. The van der Waals surface area contributed by atoms with Gasteiger partial charge in [-0.1, -0.05) is 0 Å². The summed E-state index contributed by atoms with van der Waals surface area (Å²) in [5.41, 5.74) is 0. The molecule has 1 saturated heterocycles. The first-order valence-electron chi connectivity index (χ1n) is 5.68. The van der Waals surface area contributed by atoms with E-state index in [2.05, 4.69) is 0 Å². The highest BCUT2D eigenvalue weighted by Crippen LogP contribution is 2.20. The van der Waals surface area contributed by atoms with Gasteiger partial charge in [-0.25, -0.2) is 17.2 Å². The molecule has 1 heterocycles. The molecular formula is C12H12F2O4S. The maximum Gasteiger partial charge on any atom is 0.188 e. The van der Waals surface area contributed by atoms with E-state index in [0.29, 0.717) is 19.1 Å². The second-order valence-electron chi connectivity index (χ2n) is 4.36. The molecule has 1 fully saturated rings. The van der Waals surface area contributed by atoms with Gasteiger partial charge in [-0.05, 0) is 18.6 Å². The Labute approximate surface area is 109 Å². The van der Waals surface area contributed by atoms with Crippen molar-refractivity contribution in [3.63, 3.8) is 0 Å². The zero-order valence-corrected chi connectivity index (χ0v) is 10.8. The van der Waals surface area contributed by atoms with Crippen LogP contribution >= 0.6 is 0 Å². The quantitative estimate of drug-likeness (QED) is 0.785. The van der Waals surface area contributed by atoms with Gasteiger partial charge in [0.1, 0.15) is 22.3 Å². The third-order valence-corrected chi connectivity index (χ3v) is 4.61. The molecule has 1 unspecified atom stereocenters. The van der Waals surface area contributed by atoms with Crippen LogP contribution < -0.4 is 0 Å². The second kappa shape index (κ2) is 5.34. The summed E-state index contributed by atoms with van der Waals surface area (Å²) in [4.78, 5) is 11.1. The van der Waals surface area contributed by atoms with Crippen LogP contribution in [0.2, 0.25) is 0 Å². The van der Waals surface area contributed by atoms with E-state index in [1.54, 1.807) is 0 Å². The van der Waals surface area contributed by atoms with Crippen LogP contribution in [0.5, 0.6) is 0 Å². The Bertz CT molecular complexity index is 592. The summed E-state index contributed by atoms with van der Waals surface area (Å²) in [6.45, 7) is 0.613. The lowest BCUT2D eigenvalue weighted by Crippen LogP contribution is -2.24. The van der Waals surface area contributed by atoms with Crippen LogP contribution in [0.1, 0.15) is 6.42 Å². The second-order valence-corrected chi connectivity index (χ2v) is 6.32. The summed E-state index contributed by atoms with van der Waals surface area (Å²) in [5.74, 6) is -3.80. The monoisotopic (exact) mass is 290 g/mol. The molecule has 0 N–H and O–H groups in total. The number of carbonyl (C=O) groups excluding carboxylic acids is 1. The van der Waals surface area contributed by atoms with E-state index < -0.39 is 43.8 Å². The lowest BCUT2D eigenvalue weighted by atomic mass is 10.1. The first kappa shape index (κ1) is 14.1. The fraction of sp³-hybridized carbons (Fsp3) is 0.417. The van der Waals surface area contributed by atoms with Crippen molar-refractivity contribution >= 4 is 15.6 Å². The van der Waals surface area contributed by atoms with E-state index in [9.17, 15) is 22.0 Å². The smallest absolute Gasteiger partial charge is 0.188 e. The zero-order chi connectivity index (χ0) is 14.0. The maximum atomic E-state index is 13.4. The van der Waals surface area contributed by atoms with Crippen LogP contribution in [0, 0.1) is 17.6 Å². The number of halogens is 2. The van der Waals surface area contributed by atoms with Crippen molar-refractivity contribution in [2.45, 2.75) is 11.3 Å². The van der Waals surface area contributed by atoms with Gasteiger partial charge < -0.3 is 4.74 Å². The van der Waals surface area contributed by atoms with Gasteiger partial charge >= 0.3 is 0 Å². The van der Waals surface area contributed by atoms with Crippen LogP contribution in [-0.2, 0) is 19.4 Å². The van der Waals surface area contributed by atoms with E-state index in [-0.39, 0.29) is 6.61 Å². The number of benzene rings is 1. The van der Waals surface area contributed by atoms with Gasteiger partial charge in [-0.3, -0.25) is 4.79 Å². The minimum atomic E-state index is -4.09. The van der Waals surface area contributed by atoms with Crippen LogP contribution in [0.25, 0.3) is 0 Å². The summed E-state index contributed by atoms with van der Waals surface area (Å²) in [6, 6.07) is 2.16. The maximum absolute atomic E-state index is 13.4. The molecule has 1 aromatic carbocycles. The Balaban J connectivity index is 2.20.